The lowest BCUT2D eigenvalue weighted by Crippen LogP contribution is -2.29. The Kier molecular flexibility index (Phi) is 5.35. The first kappa shape index (κ1) is 18.1. The molecule has 1 saturated carbocycles. The number of anilines is 1. The normalized spacial score (nSPS) is 18.3. The van der Waals surface area contributed by atoms with Gasteiger partial charge < -0.3 is 10.6 Å². The fraction of sp³-hybridized carbons (Fsp3) is 0.333. The zero-order valence-corrected chi connectivity index (χ0v) is 15.0. The van der Waals surface area contributed by atoms with Gasteiger partial charge in [-0.05, 0) is 61.6 Å². The first-order valence-corrected chi connectivity index (χ1v) is 8.85. The summed E-state index contributed by atoms with van der Waals surface area (Å²) in [4.78, 5) is 24.5. The number of carbonyl (C=O) groups excluding carboxylic acids is 2. The Morgan fingerprint density at radius 1 is 1.04 bits per heavy atom. The van der Waals surface area contributed by atoms with Crippen molar-refractivity contribution in [3.8, 4) is 0 Å². The summed E-state index contributed by atoms with van der Waals surface area (Å²) in [7, 11) is 0. The van der Waals surface area contributed by atoms with Crippen molar-refractivity contribution in [2.45, 2.75) is 26.7 Å². The number of carbonyl (C=O) groups is 2. The maximum absolute atomic E-state index is 12.9. The minimum Gasteiger partial charge on any atom is -0.356 e. The van der Waals surface area contributed by atoms with Crippen molar-refractivity contribution in [1.82, 2.24) is 5.32 Å². The largest absolute Gasteiger partial charge is 0.356 e. The van der Waals surface area contributed by atoms with Crippen LogP contribution in [0.15, 0.2) is 42.5 Å². The lowest BCUT2D eigenvalue weighted by molar-refractivity contribution is -0.125. The highest BCUT2D eigenvalue weighted by molar-refractivity contribution is 6.00. The molecule has 1 aliphatic rings. The van der Waals surface area contributed by atoms with Gasteiger partial charge in [-0.2, -0.15) is 0 Å². The second-order valence-electron chi connectivity index (χ2n) is 6.85. The third kappa shape index (κ3) is 4.28. The molecule has 3 rings (SSSR count). The van der Waals surface area contributed by atoms with E-state index in [0.29, 0.717) is 19.4 Å². The Labute approximate surface area is 152 Å². The topological polar surface area (TPSA) is 58.2 Å². The molecule has 2 amide bonds. The van der Waals surface area contributed by atoms with Gasteiger partial charge in [-0.25, -0.2) is 4.39 Å². The number of hydrogen-bond acceptors (Lipinski definition) is 2. The van der Waals surface area contributed by atoms with Crippen LogP contribution in [0.2, 0.25) is 0 Å². The van der Waals surface area contributed by atoms with Crippen LogP contribution >= 0.6 is 0 Å². The zero-order chi connectivity index (χ0) is 18.7. The van der Waals surface area contributed by atoms with Crippen LogP contribution in [0.5, 0.6) is 0 Å². The molecule has 5 heteroatoms. The van der Waals surface area contributed by atoms with Crippen LogP contribution in [0.1, 0.15) is 23.1 Å². The van der Waals surface area contributed by atoms with Gasteiger partial charge in [-0.1, -0.05) is 24.3 Å². The summed E-state index contributed by atoms with van der Waals surface area (Å²) in [5.41, 5.74) is 3.93. The summed E-state index contributed by atoms with van der Waals surface area (Å²) in [5.74, 6) is -0.979. The smallest absolute Gasteiger partial charge is 0.228 e. The summed E-state index contributed by atoms with van der Waals surface area (Å²) in [6.07, 6.45) is 1.22. The van der Waals surface area contributed by atoms with E-state index in [1.54, 1.807) is 12.1 Å². The third-order valence-electron chi connectivity index (χ3n) is 4.95. The zero-order valence-electron chi connectivity index (χ0n) is 15.0. The summed E-state index contributed by atoms with van der Waals surface area (Å²) < 4.78 is 12.9. The van der Waals surface area contributed by atoms with Gasteiger partial charge in [0, 0.05) is 12.2 Å². The van der Waals surface area contributed by atoms with E-state index in [-0.39, 0.29) is 29.5 Å². The lowest BCUT2D eigenvalue weighted by Gasteiger charge is -2.10. The van der Waals surface area contributed by atoms with Crippen molar-refractivity contribution in [2.24, 2.45) is 11.8 Å². The monoisotopic (exact) mass is 354 g/mol. The number of nitrogens with one attached hydrogen (secondary N) is 2. The molecule has 2 aromatic rings. The average molecular weight is 354 g/mol. The molecule has 0 bridgehead atoms. The minimum atomic E-state index is -0.270. The van der Waals surface area contributed by atoms with Crippen molar-refractivity contribution in [3.05, 3.63) is 65.0 Å². The molecule has 1 aliphatic carbocycles. The molecular weight excluding hydrogens is 331 g/mol. The van der Waals surface area contributed by atoms with E-state index >= 15 is 0 Å². The number of benzene rings is 2. The van der Waals surface area contributed by atoms with Crippen LogP contribution in [0.4, 0.5) is 10.1 Å². The van der Waals surface area contributed by atoms with E-state index in [4.69, 9.17) is 0 Å². The molecule has 0 heterocycles. The number of amides is 2. The summed E-state index contributed by atoms with van der Waals surface area (Å²) in [5, 5.41) is 5.79. The molecule has 0 aromatic heterocycles. The van der Waals surface area contributed by atoms with E-state index in [1.165, 1.54) is 12.1 Å². The van der Waals surface area contributed by atoms with Crippen LogP contribution in [0.3, 0.4) is 0 Å². The van der Waals surface area contributed by atoms with Crippen molar-refractivity contribution < 1.29 is 14.0 Å². The molecule has 0 spiro atoms. The van der Waals surface area contributed by atoms with E-state index in [1.807, 2.05) is 32.0 Å². The third-order valence-corrected chi connectivity index (χ3v) is 4.95. The van der Waals surface area contributed by atoms with Gasteiger partial charge in [0.15, 0.2) is 0 Å². The molecule has 0 saturated heterocycles. The number of rotatable bonds is 6. The minimum absolute atomic E-state index is 0.0896. The molecule has 0 radical (unpaired) electrons. The van der Waals surface area contributed by atoms with Crippen LogP contribution in [0.25, 0.3) is 0 Å². The molecule has 4 nitrogen and oxygen atoms in total. The molecule has 26 heavy (non-hydrogen) atoms. The van der Waals surface area contributed by atoms with Crippen LogP contribution < -0.4 is 10.6 Å². The Balaban J connectivity index is 1.45. The predicted octanol–water partition coefficient (Wildman–Crippen LogP) is 3.38. The Morgan fingerprint density at radius 3 is 2.46 bits per heavy atom. The number of hydrogen-bond donors (Lipinski definition) is 2. The van der Waals surface area contributed by atoms with Crippen LogP contribution in [-0.2, 0) is 16.0 Å². The lowest BCUT2D eigenvalue weighted by atomic mass is 10.1. The standard InChI is InChI=1S/C21H23FN2O2/c1-13-4-3-5-19(14(13)2)24-21(26)18-12-17(18)20(25)23-11-10-15-6-8-16(22)9-7-15/h3-9,17-18H,10-12H2,1-2H3,(H,23,25)(H,24,26). The summed E-state index contributed by atoms with van der Waals surface area (Å²) in [6, 6.07) is 12.0. The van der Waals surface area contributed by atoms with Gasteiger partial charge in [-0.15, -0.1) is 0 Å². The molecule has 2 N–H and O–H groups in total. The fourth-order valence-corrected chi connectivity index (χ4v) is 3.00. The first-order chi connectivity index (χ1) is 12.5. The summed E-state index contributed by atoms with van der Waals surface area (Å²) in [6.45, 7) is 4.45. The Hall–Kier alpha value is -2.69. The maximum atomic E-state index is 12.9. The van der Waals surface area contributed by atoms with Crippen molar-refractivity contribution >= 4 is 17.5 Å². The molecule has 2 unspecified atom stereocenters. The van der Waals surface area contributed by atoms with Crippen molar-refractivity contribution in [3.63, 3.8) is 0 Å². The molecule has 136 valence electrons. The SMILES string of the molecule is Cc1cccc(NC(=O)C2CC2C(=O)NCCc2ccc(F)cc2)c1C. The van der Waals surface area contributed by atoms with Gasteiger partial charge in [0.2, 0.25) is 11.8 Å². The van der Waals surface area contributed by atoms with Crippen LogP contribution in [-0.4, -0.2) is 18.4 Å². The van der Waals surface area contributed by atoms with Crippen molar-refractivity contribution in [2.75, 3.05) is 11.9 Å². The second-order valence-corrected chi connectivity index (χ2v) is 6.85. The Morgan fingerprint density at radius 2 is 1.73 bits per heavy atom. The van der Waals surface area contributed by atoms with Crippen molar-refractivity contribution in [1.29, 1.82) is 0 Å². The first-order valence-electron chi connectivity index (χ1n) is 8.85. The Bertz CT molecular complexity index is 817. The molecule has 1 fully saturated rings. The predicted molar refractivity (Wildman–Crippen MR) is 99.3 cm³/mol. The maximum Gasteiger partial charge on any atom is 0.228 e. The quantitative estimate of drug-likeness (QED) is 0.836. The van der Waals surface area contributed by atoms with Crippen LogP contribution in [0, 0.1) is 31.5 Å². The van der Waals surface area contributed by atoms with E-state index in [2.05, 4.69) is 10.6 Å². The molecule has 2 atom stereocenters. The molecule has 0 aliphatic heterocycles. The van der Waals surface area contributed by atoms with Gasteiger partial charge in [0.25, 0.3) is 0 Å². The highest BCUT2D eigenvalue weighted by Gasteiger charge is 2.47. The number of halogens is 1. The van der Waals surface area contributed by atoms with Gasteiger partial charge in [0.1, 0.15) is 5.82 Å². The average Bonchev–Trinajstić information content (AvgIpc) is 3.41. The van der Waals surface area contributed by atoms with Gasteiger partial charge in [0.05, 0.1) is 11.8 Å². The highest BCUT2D eigenvalue weighted by Crippen LogP contribution is 2.39. The highest BCUT2D eigenvalue weighted by atomic mass is 19.1. The van der Waals surface area contributed by atoms with E-state index < -0.39 is 0 Å². The van der Waals surface area contributed by atoms with E-state index in [0.717, 1.165) is 22.4 Å². The van der Waals surface area contributed by atoms with Gasteiger partial charge >= 0.3 is 0 Å². The second kappa shape index (κ2) is 7.68. The fourth-order valence-electron chi connectivity index (χ4n) is 3.00. The number of aryl methyl sites for hydroxylation is 1. The molecular formula is C21H23FN2O2. The van der Waals surface area contributed by atoms with Gasteiger partial charge in [-0.3, -0.25) is 9.59 Å². The summed E-state index contributed by atoms with van der Waals surface area (Å²) >= 11 is 0. The van der Waals surface area contributed by atoms with E-state index in [9.17, 15) is 14.0 Å². The molecule has 2 aromatic carbocycles.